The summed E-state index contributed by atoms with van der Waals surface area (Å²) >= 11 is 0. The Kier molecular flexibility index (Phi) is 2.43. The molecule has 2 N–H and O–H groups in total. The number of aromatic nitrogens is 1. The van der Waals surface area contributed by atoms with Crippen molar-refractivity contribution in [1.29, 1.82) is 0 Å². The van der Waals surface area contributed by atoms with Crippen molar-refractivity contribution in [1.82, 2.24) is 4.98 Å². The highest BCUT2D eigenvalue weighted by Gasteiger charge is 2.73. The second-order valence-electron chi connectivity index (χ2n) is 4.06. The third kappa shape index (κ3) is 1.69. The van der Waals surface area contributed by atoms with E-state index in [2.05, 4.69) is 4.98 Å². The van der Waals surface area contributed by atoms with Crippen molar-refractivity contribution in [3.63, 3.8) is 0 Å². The van der Waals surface area contributed by atoms with Gasteiger partial charge in [0.25, 0.3) is 5.92 Å². The van der Waals surface area contributed by atoms with Crippen LogP contribution in [0.15, 0.2) is 18.3 Å². The van der Waals surface area contributed by atoms with Crippen molar-refractivity contribution in [2.45, 2.75) is 23.9 Å². The summed E-state index contributed by atoms with van der Waals surface area (Å²) in [6.07, 6.45) is -4.32. The van der Waals surface area contributed by atoms with Crippen molar-refractivity contribution < 1.29 is 22.0 Å². The molecule has 1 atom stereocenters. The van der Waals surface area contributed by atoms with Crippen molar-refractivity contribution in [2.24, 2.45) is 5.73 Å². The monoisotopic (exact) mass is 252 g/mol. The molecule has 1 aromatic heterocycles. The summed E-state index contributed by atoms with van der Waals surface area (Å²) in [7, 11) is 0. The fourth-order valence-corrected chi connectivity index (χ4v) is 1.93. The van der Waals surface area contributed by atoms with E-state index in [1.54, 1.807) is 0 Å². The Labute approximate surface area is 93.6 Å². The molecular weight excluding hydrogens is 243 g/mol. The van der Waals surface area contributed by atoms with Crippen LogP contribution in [-0.4, -0.2) is 17.5 Å². The first-order chi connectivity index (χ1) is 7.74. The zero-order chi connectivity index (χ0) is 12.9. The number of rotatable bonds is 2. The van der Waals surface area contributed by atoms with Gasteiger partial charge >= 0.3 is 6.18 Å². The summed E-state index contributed by atoms with van der Waals surface area (Å²) in [6.45, 7) is -0.555. The maximum Gasteiger partial charge on any atom is 0.418 e. The first kappa shape index (κ1) is 12.2. The number of hydrogen-bond donors (Lipinski definition) is 1. The van der Waals surface area contributed by atoms with Crippen LogP contribution in [0.25, 0.3) is 0 Å². The average Bonchev–Trinajstić information content (AvgIpc) is 2.81. The lowest BCUT2D eigenvalue weighted by atomic mass is 9.96. The standard InChI is InChI=1S/C10H9F5N2/c11-9(12)4-8(9,5-16)7-6(10(13,14)15)2-1-3-17-7/h1-3H,4-5,16H2. The van der Waals surface area contributed by atoms with Gasteiger partial charge in [0, 0.05) is 19.2 Å². The normalized spacial score (nSPS) is 26.9. The zero-order valence-corrected chi connectivity index (χ0v) is 8.56. The molecule has 17 heavy (non-hydrogen) atoms. The summed E-state index contributed by atoms with van der Waals surface area (Å²) in [6, 6.07) is 1.81. The number of alkyl halides is 5. The van der Waals surface area contributed by atoms with Gasteiger partial charge in [-0.1, -0.05) is 0 Å². The fraction of sp³-hybridized carbons (Fsp3) is 0.500. The van der Waals surface area contributed by atoms with Gasteiger partial charge in [0.1, 0.15) is 0 Å². The molecule has 2 nitrogen and oxygen atoms in total. The van der Waals surface area contributed by atoms with Gasteiger partial charge in [-0.3, -0.25) is 4.98 Å². The smallest absolute Gasteiger partial charge is 0.329 e. The van der Waals surface area contributed by atoms with E-state index in [1.165, 1.54) is 0 Å². The third-order valence-corrected chi connectivity index (χ3v) is 3.01. The van der Waals surface area contributed by atoms with Gasteiger partial charge in [-0.15, -0.1) is 0 Å². The Hall–Kier alpha value is -1.24. The Bertz CT molecular complexity index is 443. The van der Waals surface area contributed by atoms with Crippen LogP contribution in [0, 0.1) is 0 Å². The Balaban J connectivity index is 2.54. The van der Waals surface area contributed by atoms with Gasteiger partial charge in [-0.2, -0.15) is 13.2 Å². The first-order valence-electron chi connectivity index (χ1n) is 4.85. The molecule has 0 saturated heterocycles. The molecule has 0 radical (unpaired) electrons. The van der Waals surface area contributed by atoms with Crippen molar-refractivity contribution in [3.8, 4) is 0 Å². The van der Waals surface area contributed by atoms with Crippen LogP contribution in [0.1, 0.15) is 17.7 Å². The average molecular weight is 252 g/mol. The molecule has 1 fully saturated rings. The summed E-state index contributed by atoms with van der Waals surface area (Å²) in [5, 5.41) is 0. The van der Waals surface area contributed by atoms with Gasteiger partial charge < -0.3 is 5.73 Å². The van der Waals surface area contributed by atoms with Crippen LogP contribution in [0.4, 0.5) is 22.0 Å². The van der Waals surface area contributed by atoms with E-state index in [0.717, 1.165) is 18.3 Å². The minimum atomic E-state index is -4.70. The molecule has 0 aromatic carbocycles. The fourth-order valence-electron chi connectivity index (χ4n) is 1.93. The lowest BCUT2D eigenvalue weighted by molar-refractivity contribution is -0.139. The van der Waals surface area contributed by atoms with Gasteiger partial charge in [-0.05, 0) is 12.1 Å². The number of nitrogens with two attached hydrogens (primary N) is 1. The first-order valence-corrected chi connectivity index (χ1v) is 4.85. The molecule has 0 amide bonds. The number of pyridine rings is 1. The van der Waals surface area contributed by atoms with Gasteiger partial charge in [0.2, 0.25) is 0 Å². The van der Waals surface area contributed by atoms with Crippen LogP contribution in [-0.2, 0) is 11.6 Å². The third-order valence-electron chi connectivity index (χ3n) is 3.01. The van der Waals surface area contributed by atoms with Gasteiger partial charge in [-0.25, -0.2) is 8.78 Å². The lowest BCUT2D eigenvalue weighted by Gasteiger charge is -2.18. The minimum absolute atomic E-state index is 0.555. The van der Waals surface area contributed by atoms with Crippen molar-refractivity contribution in [3.05, 3.63) is 29.6 Å². The quantitative estimate of drug-likeness (QED) is 0.820. The molecule has 1 unspecified atom stereocenters. The minimum Gasteiger partial charge on any atom is -0.329 e. The summed E-state index contributed by atoms with van der Waals surface area (Å²) in [5.41, 5.74) is 1.45. The summed E-state index contributed by atoms with van der Waals surface area (Å²) in [5.74, 6) is -3.21. The van der Waals surface area contributed by atoms with Gasteiger partial charge in [0.05, 0.1) is 16.7 Å². The molecule has 1 aromatic rings. The highest BCUT2D eigenvalue weighted by molar-refractivity contribution is 5.40. The molecule has 1 aliphatic rings. The number of halogens is 5. The van der Waals surface area contributed by atoms with Gasteiger partial charge in [0.15, 0.2) is 0 Å². The predicted octanol–water partition coefficient (Wildman–Crippen LogP) is 2.34. The van der Waals surface area contributed by atoms with Crippen LogP contribution >= 0.6 is 0 Å². The SMILES string of the molecule is NCC1(c2ncccc2C(F)(F)F)CC1(F)F. The Morgan fingerprint density at radius 2 is 1.94 bits per heavy atom. The van der Waals surface area contributed by atoms with Crippen molar-refractivity contribution in [2.75, 3.05) is 6.54 Å². The summed E-state index contributed by atoms with van der Waals surface area (Å²) in [4.78, 5) is 3.47. The topological polar surface area (TPSA) is 38.9 Å². The zero-order valence-electron chi connectivity index (χ0n) is 8.56. The maximum absolute atomic E-state index is 13.2. The van der Waals surface area contributed by atoms with E-state index in [-0.39, 0.29) is 0 Å². The predicted molar refractivity (Wildman–Crippen MR) is 49.5 cm³/mol. The second-order valence-corrected chi connectivity index (χ2v) is 4.06. The van der Waals surface area contributed by atoms with E-state index in [0.29, 0.717) is 0 Å². The van der Waals surface area contributed by atoms with E-state index in [9.17, 15) is 22.0 Å². The highest BCUT2D eigenvalue weighted by Crippen LogP contribution is 2.61. The molecule has 0 spiro atoms. The Morgan fingerprint density at radius 1 is 1.35 bits per heavy atom. The van der Waals surface area contributed by atoms with E-state index in [4.69, 9.17) is 5.73 Å². The lowest BCUT2D eigenvalue weighted by Crippen LogP contribution is -2.30. The molecule has 2 rings (SSSR count). The van der Waals surface area contributed by atoms with E-state index >= 15 is 0 Å². The number of hydrogen-bond acceptors (Lipinski definition) is 2. The largest absolute Gasteiger partial charge is 0.418 e. The maximum atomic E-state index is 13.2. The molecule has 0 bridgehead atoms. The molecule has 1 heterocycles. The number of nitrogens with zero attached hydrogens (tertiary/aromatic N) is 1. The van der Waals surface area contributed by atoms with Crippen LogP contribution in [0.2, 0.25) is 0 Å². The van der Waals surface area contributed by atoms with E-state index in [1.807, 2.05) is 0 Å². The van der Waals surface area contributed by atoms with Crippen LogP contribution in [0.5, 0.6) is 0 Å². The summed E-state index contributed by atoms with van der Waals surface area (Å²) < 4.78 is 64.4. The molecular formula is C10H9F5N2. The Morgan fingerprint density at radius 3 is 2.35 bits per heavy atom. The van der Waals surface area contributed by atoms with Crippen molar-refractivity contribution >= 4 is 0 Å². The molecule has 94 valence electrons. The second kappa shape index (κ2) is 3.38. The van der Waals surface area contributed by atoms with E-state index < -0.39 is 41.7 Å². The molecule has 1 saturated carbocycles. The molecule has 7 heteroatoms. The molecule has 1 aliphatic carbocycles. The van der Waals surface area contributed by atoms with Crippen LogP contribution < -0.4 is 5.73 Å². The molecule has 0 aliphatic heterocycles. The highest BCUT2D eigenvalue weighted by atomic mass is 19.4. The van der Waals surface area contributed by atoms with Crippen LogP contribution in [0.3, 0.4) is 0 Å².